The molecule has 19 heteroatoms. The predicted octanol–water partition coefficient (Wildman–Crippen LogP) is 6.12. The normalized spacial score (nSPS) is 14.7. The molecule has 1 N–H and O–H groups in total. The monoisotopic (exact) mass is 860 g/mol. The first-order chi connectivity index (χ1) is 28.8. The van der Waals surface area contributed by atoms with Crippen LogP contribution in [0, 0.1) is 6.92 Å². The van der Waals surface area contributed by atoms with Crippen LogP contribution in [-0.2, 0) is 43.5 Å². The molecule has 0 bridgehead atoms. The van der Waals surface area contributed by atoms with Gasteiger partial charge in [-0.3, -0.25) is 14.4 Å². The molecule has 1 fully saturated rings. The number of aryl methyl sites for hydroxylation is 1. The molecule has 0 radical (unpaired) electrons. The van der Waals surface area contributed by atoms with Gasteiger partial charge in [-0.15, -0.1) is 16.4 Å². The standard InChI is InChI=1S/C41H40ClF3N10O4S/c1-4-30-35(52-14-16-53(17-15-52)38(57)34-36(24(2)46-23-47-34)59-22-25-8-6-5-7-9-25)39(58)55-40(49-37(50-55)32-18-26-20-51(3)13-12-31(26)60-32)54(30)21-33(56)48-29-11-10-27(19-28(29)42)41(43,44)45/h5-11,18-19,23H,4,12-17,20-22H2,1-3H3,(H,48,56). The molecule has 60 heavy (non-hydrogen) atoms. The molecule has 0 spiro atoms. The summed E-state index contributed by atoms with van der Waals surface area (Å²) in [6.07, 6.45) is -2.10. The van der Waals surface area contributed by atoms with Crippen LogP contribution in [0.2, 0.25) is 5.02 Å². The summed E-state index contributed by atoms with van der Waals surface area (Å²) < 4.78 is 48.9. The second kappa shape index (κ2) is 16.7. The molecule has 6 heterocycles. The maximum absolute atomic E-state index is 14.6. The Bertz CT molecular complexity index is 2660. The fraction of sp³-hybridized carbons (Fsp3) is 0.341. The predicted molar refractivity (Wildman–Crippen MR) is 221 cm³/mol. The number of ether oxygens (including phenoxy) is 1. The topological polar surface area (TPSA) is 143 Å². The first-order valence-corrected chi connectivity index (χ1v) is 20.5. The van der Waals surface area contributed by atoms with Crippen molar-refractivity contribution in [1.29, 1.82) is 0 Å². The Morgan fingerprint density at radius 2 is 1.78 bits per heavy atom. The van der Waals surface area contributed by atoms with Crippen molar-refractivity contribution in [2.24, 2.45) is 0 Å². The molecule has 312 valence electrons. The second-order valence-corrected chi connectivity index (χ2v) is 16.2. The molecule has 0 aliphatic carbocycles. The number of nitrogens with zero attached hydrogens (tertiary/aromatic N) is 9. The minimum atomic E-state index is -4.61. The van der Waals surface area contributed by atoms with Crippen LogP contribution in [0.4, 0.5) is 24.5 Å². The first-order valence-electron chi connectivity index (χ1n) is 19.3. The molecule has 2 aromatic carbocycles. The van der Waals surface area contributed by atoms with Gasteiger partial charge in [0.2, 0.25) is 11.7 Å². The number of aromatic nitrogens is 6. The SMILES string of the molecule is CCc1c(N2CCN(C(=O)c3ncnc(C)c3OCc3ccccc3)CC2)c(=O)n2nc(-c3cc4c(s3)CCN(C)C4)nc2n1CC(=O)Nc1ccc(C(F)(F)F)cc1Cl. The number of anilines is 2. The number of carbonyl (C=O) groups is 2. The highest BCUT2D eigenvalue weighted by molar-refractivity contribution is 7.15. The number of amides is 2. The zero-order chi connectivity index (χ0) is 42.3. The molecule has 0 saturated carbocycles. The Balaban J connectivity index is 1.11. The van der Waals surface area contributed by atoms with E-state index in [2.05, 4.69) is 27.2 Å². The smallest absolute Gasteiger partial charge is 0.416 e. The van der Waals surface area contributed by atoms with Gasteiger partial charge in [-0.25, -0.2) is 9.97 Å². The molecule has 2 aliphatic heterocycles. The van der Waals surface area contributed by atoms with Gasteiger partial charge in [-0.2, -0.15) is 22.7 Å². The minimum absolute atomic E-state index is 0.00501. The van der Waals surface area contributed by atoms with E-state index in [0.29, 0.717) is 35.1 Å². The number of alkyl halides is 3. The van der Waals surface area contributed by atoms with Crippen molar-refractivity contribution >= 4 is 51.9 Å². The average molecular weight is 861 g/mol. The Hall–Kier alpha value is -5.85. The van der Waals surface area contributed by atoms with Crippen molar-refractivity contribution < 1.29 is 27.5 Å². The van der Waals surface area contributed by atoms with Crippen LogP contribution in [0.15, 0.2) is 65.7 Å². The molecule has 1 saturated heterocycles. The summed E-state index contributed by atoms with van der Waals surface area (Å²) in [5.41, 5.74) is 2.15. The summed E-state index contributed by atoms with van der Waals surface area (Å²) in [5.74, 6) is -0.191. The second-order valence-electron chi connectivity index (χ2n) is 14.7. The molecule has 8 rings (SSSR count). The number of hydrogen-bond donors (Lipinski definition) is 1. The lowest BCUT2D eigenvalue weighted by atomic mass is 10.1. The fourth-order valence-corrected chi connectivity index (χ4v) is 8.86. The third kappa shape index (κ3) is 8.18. The zero-order valence-corrected chi connectivity index (χ0v) is 34.5. The van der Waals surface area contributed by atoms with E-state index in [-0.39, 0.29) is 67.4 Å². The highest BCUT2D eigenvalue weighted by atomic mass is 35.5. The van der Waals surface area contributed by atoms with E-state index < -0.39 is 23.2 Å². The number of piperazine rings is 1. The summed E-state index contributed by atoms with van der Waals surface area (Å²) in [4.78, 5) is 63.4. The van der Waals surface area contributed by atoms with E-state index in [1.807, 2.05) is 48.2 Å². The maximum atomic E-state index is 14.6. The van der Waals surface area contributed by atoms with Crippen LogP contribution >= 0.6 is 22.9 Å². The summed E-state index contributed by atoms with van der Waals surface area (Å²) in [6.45, 7) is 6.18. The minimum Gasteiger partial charge on any atom is -0.485 e. The number of nitrogens with one attached hydrogen (secondary N) is 1. The van der Waals surface area contributed by atoms with E-state index in [0.717, 1.165) is 48.2 Å². The average Bonchev–Trinajstić information content (AvgIpc) is 3.87. The van der Waals surface area contributed by atoms with Gasteiger partial charge in [0.05, 0.1) is 32.5 Å². The van der Waals surface area contributed by atoms with Crippen LogP contribution in [0.3, 0.4) is 0 Å². The van der Waals surface area contributed by atoms with E-state index in [4.69, 9.17) is 26.4 Å². The molecular weight excluding hydrogens is 821 g/mol. The van der Waals surface area contributed by atoms with Gasteiger partial charge in [-0.05, 0) is 62.2 Å². The highest BCUT2D eigenvalue weighted by Crippen LogP contribution is 2.35. The van der Waals surface area contributed by atoms with Gasteiger partial charge in [-0.1, -0.05) is 48.9 Å². The number of rotatable bonds is 10. The molecule has 2 aliphatic rings. The number of fused-ring (bicyclic) bond motifs is 2. The van der Waals surface area contributed by atoms with Crippen molar-refractivity contribution in [2.75, 3.05) is 50.0 Å². The lowest BCUT2D eigenvalue weighted by molar-refractivity contribution is -0.137. The van der Waals surface area contributed by atoms with Crippen LogP contribution in [0.1, 0.15) is 50.4 Å². The van der Waals surface area contributed by atoms with Gasteiger partial charge >= 0.3 is 6.18 Å². The number of carbonyl (C=O) groups excluding carboxylic acids is 2. The molecule has 6 aromatic rings. The fourth-order valence-electron chi connectivity index (χ4n) is 7.54. The van der Waals surface area contributed by atoms with E-state index in [1.54, 1.807) is 27.7 Å². The van der Waals surface area contributed by atoms with E-state index in [1.165, 1.54) is 21.3 Å². The molecule has 14 nitrogen and oxygen atoms in total. The van der Waals surface area contributed by atoms with Gasteiger partial charge in [0.1, 0.15) is 25.2 Å². The molecular formula is C41H40ClF3N10O4S. The van der Waals surface area contributed by atoms with E-state index >= 15 is 0 Å². The lowest BCUT2D eigenvalue weighted by Crippen LogP contribution is -2.51. The lowest BCUT2D eigenvalue weighted by Gasteiger charge is -2.36. The summed E-state index contributed by atoms with van der Waals surface area (Å²) in [6, 6.07) is 14.3. The third-order valence-corrected chi connectivity index (χ3v) is 12.1. The van der Waals surface area contributed by atoms with Crippen molar-refractivity contribution in [3.63, 3.8) is 0 Å². The number of halogens is 4. The van der Waals surface area contributed by atoms with Gasteiger partial charge in [0.15, 0.2) is 17.3 Å². The number of thiophene rings is 1. The first kappa shape index (κ1) is 40.9. The molecule has 0 unspecified atom stereocenters. The maximum Gasteiger partial charge on any atom is 0.416 e. The van der Waals surface area contributed by atoms with Crippen molar-refractivity contribution in [2.45, 2.75) is 52.6 Å². The number of hydrogen-bond acceptors (Lipinski definition) is 11. The van der Waals surface area contributed by atoms with Crippen molar-refractivity contribution in [1.82, 2.24) is 38.9 Å². The summed E-state index contributed by atoms with van der Waals surface area (Å²) in [5, 5.41) is 7.05. The Kier molecular flexibility index (Phi) is 11.4. The largest absolute Gasteiger partial charge is 0.485 e. The zero-order valence-electron chi connectivity index (χ0n) is 32.9. The van der Waals surface area contributed by atoms with Crippen LogP contribution in [0.25, 0.3) is 16.5 Å². The van der Waals surface area contributed by atoms with Crippen LogP contribution in [-0.4, -0.2) is 90.5 Å². The Labute approximate surface area is 351 Å². The molecule has 0 atom stereocenters. The Morgan fingerprint density at radius 1 is 1.02 bits per heavy atom. The molecule has 4 aromatic heterocycles. The quantitative estimate of drug-likeness (QED) is 0.171. The van der Waals surface area contributed by atoms with Gasteiger partial charge in [0.25, 0.3) is 11.5 Å². The number of benzene rings is 2. The van der Waals surface area contributed by atoms with Gasteiger partial charge < -0.3 is 29.3 Å². The Morgan fingerprint density at radius 3 is 2.50 bits per heavy atom. The number of likely N-dealkylation sites (N-methyl/N-ethyl adjacent to an activating group) is 1. The summed E-state index contributed by atoms with van der Waals surface area (Å²) >= 11 is 7.77. The third-order valence-electron chi connectivity index (χ3n) is 10.6. The summed E-state index contributed by atoms with van der Waals surface area (Å²) in [7, 11) is 2.05. The van der Waals surface area contributed by atoms with Crippen LogP contribution in [0.5, 0.6) is 5.75 Å². The van der Waals surface area contributed by atoms with E-state index in [9.17, 15) is 27.6 Å². The van der Waals surface area contributed by atoms with Crippen LogP contribution < -0.4 is 20.5 Å². The van der Waals surface area contributed by atoms with Crippen molar-refractivity contribution in [3.8, 4) is 16.5 Å². The van der Waals surface area contributed by atoms with Crippen molar-refractivity contribution in [3.05, 3.63) is 115 Å². The molecule has 2 amide bonds. The van der Waals surface area contributed by atoms with Gasteiger partial charge in [0, 0.05) is 44.1 Å². The highest BCUT2D eigenvalue weighted by Gasteiger charge is 2.33.